The zero-order chi connectivity index (χ0) is 17.2. The van der Waals surface area contributed by atoms with Crippen molar-refractivity contribution in [1.29, 1.82) is 0 Å². The van der Waals surface area contributed by atoms with Gasteiger partial charge < -0.3 is 20.4 Å². The number of carbonyl (C=O) groups is 1. The molecule has 0 spiro atoms. The highest BCUT2D eigenvalue weighted by Crippen LogP contribution is 2.28. The Bertz CT molecular complexity index is 917. The lowest BCUT2D eigenvalue weighted by molar-refractivity contribution is 0.0601. The van der Waals surface area contributed by atoms with E-state index < -0.39 is 0 Å². The molecule has 7 heteroatoms. The van der Waals surface area contributed by atoms with Crippen molar-refractivity contribution in [3.05, 3.63) is 42.1 Å². The highest BCUT2D eigenvalue weighted by atomic mass is 16.5. The van der Waals surface area contributed by atoms with Crippen LogP contribution in [-0.4, -0.2) is 34.1 Å². The Labute approximate surface area is 144 Å². The van der Waals surface area contributed by atoms with Crippen molar-refractivity contribution in [1.82, 2.24) is 15.0 Å². The Morgan fingerprint density at radius 3 is 2.92 bits per heavy atom. The minimum atomic E-state index is -0.378. The third kappa shape index (κ3) is 3.13. The second-order valence-corrected chi connectivity index (χ2v) is 6.11. The normalized spacial score (nSPS) is 14.1. The number of aromatic amines is 1. The SMILES string of the molecule is COC(=O)c1cccc(Nc2nc(NC3CCC3)c3cc[nH]c3n2)c1. The largest absolute Gasteiger partial charge is 0.465 e. The number of methoxy groups -OCH3 is 1. The van der Waals surface area contributed by atoms with Gasteiger partial charge in [0.25, 0.3) is 0 Å². The first kappa shape index (κ1) is 15.4. The Balaban J connectivity index is 1.63. The molecule has 4 rings (SSSR count). The summed E-state index contributed by atoms with van der Waals surface area (Å²) in [6.45, 7) is 0. The molecule has 3 aromatic rings. The van der Waals surface area contributed by atoms with Crippen molar-refractivity contribution in [2.75, 3.05) is 17.7 Å². The smallest absolute Gasteiger partial charge is 0.337 e. The summed E-state index contributed by atoms with van der Waals surface area (Å²) < 4.78 is 4.76. The molecular weight excluding hydrogens is 318 g/mol. The molecule has 0 amide bonds. The van der Waals surface area contributed by atoms with Crippen molar-refractivity contribution in [2.24, 2.45) is 0 Å². The number of anilines is 3. The van der Waals surface area contributed by atoms with Gasteiger partial charge in [-0.15, -0.1) is 0 Å². The fourth-order valence-corrected chi connectivity index (χ4v) is 2.82. The first-order valence-corrected chi connectivity index (χ1v) is 8.30. The number of hydrogen-bond acceptors (Lipinski definition) is 6. The number of rotatable bonds is 5. The van der Waals surface area contributed by atoms with Crippen LogP contribution in [0, 0.1) is 0 Å². The average Bonchev–Trinajstić information content (AvgIpc) is 3.06. The highest BCUT2D eigenvalue weighted by molar-refractivity contribution is 5.91. The van der Waals surface area contributed by atoms with Gasteiger partial charge in [-0.2, -0.15) is 9.97 Å². The fraction of sp³-hybridized carbons (Fsp3) is 0.278. The van der Waals surface area contributed by atoms with Gasteiger partial charge in [0.05, 0.1) is 18.1 Å². The van der Waals surface area contributed by atoms with Gasteiger partial charge in [0.15, 0.2) is 0 Å². The fourth-order valence-electron chi connectivity index (χ4n) is 2.82. The Morgan fingerprint density at radius 2 is 2.16 bits per heavy atom. The molecule has 1 aliphatic rings. The van der Waals surface area contributed by atoms with E-state index in [1.165, 1.54) is 26.4 Å². The molecule has 1 aliphatic carbocycles. The molecule has 2 heterocycles. The molecule has 0 unspecified atom stereocenters. The predicted octanol–water partition coefficient (Wildman–Crippen LogP) is 3.45. The van der Waals surface area contributed by atoms with E-state index >= 15 is 0 Å². The van der Waals surface area contributed by atoms with Crippen molar-refractivity contribution in [2.45, 2.75) is 25.3 Å². The van der Waals surface area contributed by atoms with E-state index in [2.05, 4.69) is 25.6 Å². The zero-order valence-electron chi connectivity index (χ0n) is 13.9. The van der Waals surface area contributed by atoms with Crippen LogP contribution < -0.4 is 10.6 Å². The number of nitrogens with zero attached hydrogens (tertiary/aromatic N) is 2. The summed E-state index contributed by atoms with van der Waals surface area (Å²) >= 11 is 0. The molecule has 1 saturated carbocycles. The van der Waals surface area contributed by atoms with Crippen LogP contribution in [0.2, 0.25) is 0 Å². The van der Waals surface area contributed by atoms with Gasteiger partial charge in [0.1, 0.15) is 11.5 Å². The first-order chi connectivity index (χ1) is 12.2. The quantitative estimate of drug-likeness (QED) is 0.618. The summed E-state index contributed by atoms with van der Waals surface area (Å²) in [6, 6.07) is 9.51. The van der Waals surface area contributed by atoms with E-state index in [0.29, 0.717) is 17.6 Å². The molecule has 25 heavy (non-hydrogen) atoms. The molecule has 0 atom stereocenters. The van der Waals surface area contributed by atoms with Gasteiger partial charge in [-0.3, -0.25) is 0 Å². The van der Waals surface area contributed by atoms with E-state index in [0.717, 1.165) is 22.5 Å². The number of ether oxygens (including phenoxy) is 1. The van der Waals surface area contributed by atoms with Crippen LogP contribution in [0.4, 0.5) is 17.5 Å². The van der Waals surface area contributed by atoms with Crippen LogP contribution in [0.1, 0.15) is 29.6 Å². The van der Waals surface area contributed by atoms with Gasteiger partial charge >= 0.3 is 5.97 Å². The summed E-state index contributed by atoms with van der Waals surface area (Å²) in [5.74, 6) is 0.915. The number of H-pyrrole nitrogens is 1. The average molecular weight is 337 g/mol. The number of esters is 1. The minimum Gasteiger partial charge on any atom is -0.465 e. The van der Waals surface area contributed by atoms with E-state index in [-0.39, 0.29) is 5.97 Å². The Morgan fingerprint density at radius 1 is 1.28 bits per heavy atom. The van der Waals surface area contributed by atoms with E-state index in [1.807, 2.05) is 18.3 Å². The molecule has 1 fully saturated rings. The molecular formula is C18H19N5O2. The third-order valence-electron chi connectivity index (χ3n) is 4.40. The van der Waals surface area contributed by atoms with Crippen LogP contribution in [-0.2, 0) is 4.74 Å². The lowest BCUT2D eigenvalue weighted by atomic mass is 9.93. The molecule has 0 saturated heterocycles. The first-order valence-electron chi connectivity index (χ1n) is 8.30. The number of carbonyl (C=O) groups excluding carboxylic acids is 1. The summed E-state index contributed by atoms with van der Waals surface area (Å²) in [4.78, 5) is 23.9. The van der Waals surface area contributed by atoms with Gasteiger partial charge in [-0.25, -0.2) is 4.79 Å². The van der Waals surface area contributed by atoms with Crippen molar-refractivity contribution in [3.63, 3.8) is 0 Å². The highest BCUT2D eigenvalue weighted by Gasteiger charge is 2.19. The topological polar surface area (TPSA) is 91.9 Å². The summed E-state index contributed by atoms with van der Waals surface area (Å²) in [5.41, 5.74) is 1.97. The number of aromatic nitrogens is 3. The van der Waals surface area contributed by atoms with Crippen molar-refractivity contribution >= 4 is 34.5 Å². The predicted molar refractivity (Wildman–Crippen MR) is 96.2 cm³/mol. The molecule has 7 nitrogen and oxygen atoms in total. The zero-order valence-corrected chi connectivity index (χ0v) is 13.9. The summed E-state index contributed by atoms with van der Waals surface area (Å²) in [5, 5.41) is 7.62. The monoisotopic (exact) mass is 337 g/mol. The Hall–Kier alpha value is -3.09. The Kier molecular flexibility index (Phi) is 3.97. The maximum absolute atomic E-state index is 11.7. The van der Waals surface area contributed by atoms with Gasteiger partial charge in [0, 0.05) is 17.9 Å². The minimum absolute atomic E-state index is 0.378. The number of fused-ring (bicyclic) bond motifs is 1. The molecule has 0 bridgehead atoms. The molecule has 0 aliphatic heterocycles. The number of hydrogen-bond donors (Lipinski definition) is 3. The van der Waals surface area contributed by atoms with Crippen LogP contribution in [0.15, 0.2) is 36.5 Å². The van der Waals surface area contributed by atoms with Crippen molar-refractivity contribution in [3.8, 4) is 0 Å². The van der Waals surface area contributed by atoms with E-state index in [9.17, 15) is 4.79 Å². The molecule has 2 aromatic heterocycles. The van der Waals surface area contributed by atoms with Crippen LogP contribution in [0.3, 0.4) is 0 Å². The number of benzene rings is 1. The number of nitrogens with one attached hydrogen (secondary N) is 3. The lowest BCUT2D eigenvalue weighted by Gasteiger charge is -2.27. The van der Waals surface area contributed by atoms with E-state index in [1.54, 1.807) is 18.2 Å². The van der Waals surface area contributed by atoms with Crippen LogP contribution >= 0.6 is 0 Å². The summed E-state index contributed by atoms with van der Waals surface area (Å²) in [7, 11) is 1.36. The van der Waals surface area contributed by atoms with Crippen LogP contribution in [0.25, 0.3) is 11.0 Å². The maximum Gasteiger partial charge on any atom is 0.337 e. The lowest BCUT2D eigenvalue weighted by Crippen LogP contribution is -2.27. The molecule has 1 aromatic carbocycles. The third-order valence-corrected chi connectivity index (χ3v) is 4.40. The standard InChI is InChI=1S/C18H19N5O2/c1-25-17(24)11-4-2-7-13(10-11)21-18-22-15-14(8-9-19-15)16(23-18)20-12-5-3-6-12/h2,4,7-10,12H,3,5-6H2,1H3,(H3,19,20,21,22,23). The molecule has 128 valence electrons. The van der Waals surface area contributed by atoms with Crippen LogP contribution in [0.5, 0.6) is 0 Å². The molecule has 0 radical (unpaired) electrons. The van der Waals surface area contributed by atoms with Crippen molar-refractivity contribution < 1.29 is 9.53 Å². The molecule has 3 N–H and O–H groups in total. The van der Waals surface area contributed by atoms with Gasteiger partial charge in [0.2, 0.25) is 5.95 Å². The maximum atomic E-state index is 11.7. The van der Waals surface area contributed by atoms with E-state index in [4.69, 9.17) is 4.74 Å². The van der Waals surface area contributed by atoms with Gasteiger partial charge in [-0.1, -0.05) is 6.07 Å². The van der Waals surface area contributed by atoms with Gasteiger partial charge in [-0.05, 0) is 43.5 Å². The summed E-state index contributed by atoms with van der Waals surface area (Å²) in [6.07, 6.45) is 5.44. The second-order valence-electron chi connectivity index (χ2n) is 6.11. The second kappa shape index (κ2) is 6.43.